The van der Waals surface area contributed by atoms with Crippen LogP contribution in [0.15, 0.2) is 0 Å². The third kappa shape index (κ3) is 3.64. The molecule has 0 bridgehead atoms. The Balaban J connectivity index is 2.72. The lowest BCUT2D eigenvalue weighted by Gasteiger charge is -2.14. The molecule has 0 aliphatic carbocycles. The number of hydrogen-bond donors (Lipinski definition) is 1. The lowest BCUT2D eigenvalue weighted by molar-refractivity contribution is 0.814. The number of thiazole rings is 1. The fraction of sp³-hybridized carbons (Fsp3) is 0.727. The number of nitrogens with one attached hydrogen (secondary N) is 1. The van der Waals surface area contributed by atoms with Crippen LogP contribution in [-0.2, 0) is 13.0 Å². The van der Waals surface area contributed by atoms with E-state index in [2.05, 4.69) is 30.4 Å². The predicted octanol–water partition coefficient (Wildman–Crippen LogP) is 2.22. The van der Waals surface area contributed by atoms with Crippen molar-refractivity contribution in [3.05, 3.63) is 10.6 Å². The van der Waals surface area contributed by atoms with Gasteiger partial charge in [-0.25, -0.2) is 4.98 Å². The van der Waals surface area contributed by atoms with Crippen molar-refractivity contribution in [1.82, 2.24) is 10.3 Å². The van der Waals surface area contributed by atoms with Crippen molar-refractivity contribution >= 4 is 28.2 Å². The average Bonchev–Trinajstić information content (AvgIpc) is 2.69. The molecular weight excluding hydrogens is 238 g/mol. The van der Waals surface area contributed by atoms with Crippen molar-refractivity contribution < 1.29 is 0 Å². The molecule has 0 spiro atoms. The minimum Gasteiger partial charge on any atom is -0.350 e. The topological polar surface area (TPSA) is 28.2 Å². The fourth-order valence-corrected chi connectivity index (χ4v) is 3.04. The highest BCUT2D eigenvalue weighted by Crippen LogP contribution is 2.26. The van der Waals surface area contributed by atoms with E-state index < -0.39 is 0 Å². The first-order chi connectivity index (χ1) is 7.72. The van der Waals surface area contributed by atoms with E-state index in [1.165, 1.54) is 10.6 Å². The summed E-state index contributed by atoms with van der Waals surface area (Å²) >= 11 is 3.68. The molecule has 16 heavy (non-hydrogen) atoms. The Morgan fingerprint density at radius 2 is 2.25 bits per heavy atom. The van der Waals surface area contributed by atoms with Crippen LogP contribution < -0.4 is 10.2 Å². The van der Waals surface area contributed by atoms with Crippen LogP contribution in [0.25, 0.3) is 0 Å². The fourth-order valence-electron chi connectivity index (χ4n) is 1.43. The van der Waals surface area contributed by atoms with Crippen molar-refractivity contribution in [3.63, 3.8) is 0 Å². The number of thioether (sulfide) groups is 1. The summed E-state index contributed by atoms with van der Waals surface area (Å²) in [5.41, 5.74) is 1.24. The molecule has 0 amide bonds. The molecule has 0 aliphatic heterocycles. The average molecular weight is 259 g/mol. The van der Waals surface area contributed by atoms with Gasteiger partial charge in [-0.2, -0.15) is 11.8 Å². The normalized spacial score (nSPS) is 10.8. The zero-order chi connectivity index (χ0) is 12.0. The van der Waals surface area contributed by atoms with Gasteiger partial charge in [0, 0.05) is 30.8 Å². The highest BCUT2D eigenvalue weighted by molar-refractivity contribution is 7.98. The number of aromatic nitrogens is 1. The van der Waals surface area contributed by atoms with Gasteiger partial charge in [0.05, 0.1) is 5.69 Å². The largest absolute Gasteiger partial charge is 0.350 e. The number of nitrogens with zero attached hydrogens (tertiary/aromatic N) is 2. The lowest BCUT2D eigenvalue weighted by Crippen LogP contribution is -2.19. The second kappa shape index (κ2) is 7.14. The first-order valence-electron chi connectivity index (χ1n) is 5.56. The van der Waals surface area contributed by atoms with Crippen LogP contribution in [0, 0.1) is 0 Å². The van der Waals surface area contributed by atoms with Crippen molar-refractivity contribution in [2.75, 3.05) is 37.5 Å². The Labute approximate surface area is 107 Å². The maximum absolute atomic E-state index is 4.70. The molecule has 1 aromatic rings. The zero-order valence-electron chi connectivity index (χ0n) is 10.5. The molecule has 0 aromatic carbocycles. The summed E-state index contributed by atoms with van der Waals surface area (Å²) in [5.74, 6) is 1.15. The summed E-state index contributed by atoms with van der Waals surface area (Å²) in [5, 5.41) is 4.35. The molecule has 0 unspecified atom stereocenters. The second-order valence-corrected chi connectivity index (χ2v) is 5.71. The number of anilines is 1. The quantitative estimate of drug-likeness (QED) is 0.813. The van der Waals surface area contributed by atoms with Gasteiger partial charge in [-0.1, -0.05) is 6.92 Å². The Bertz CT molecular complexity index is 312. The molecule has 1 aromatic heterocycles. The summed E-state index contributed by atoms with van der Waals surface area (Å²) in [7, 11) is 4.11. The third-order valence-electron chi connectivity index (χ3n) is 2.40. The standard InChI is InChI=1S/C11H21N3S2/c1-5-9-10(8-12-2)16-11(13-9)14(3)6-7-15-4/h12H,5-8H2,1-4H3. The van der Waals surface area contributed by atoms with E-state index in [1.807, 2.05) is 30.1 Å². The monoisotopic (exact) mass is 259 g/mol. The maximum Gasteiger partial charge on any atom is 0.185 e. The minimum absolute atomic E-state index is 0.928. The van der Waals surface area contributed by atoms with Gasteiger partial charge in [0.1, 0.15) is 0 Å². The van der Waals surface area contributed by atoms with Crippen molar-refractivity contribution in [3.8, 4) is 0 Å². The lowest BCUT2D eigenvalue weighted by atomic mass is 10.3. The minimum atomic E-state index is 0.928. The van der Waals surface area contributed by atoms with E-state index in [1.54, 1.807) is 0 Å². The SMILES string of the molecule is CCc1nc(N(C)CCSC)sc1CNC. The predicted molar refractivity (Wildman–Crippen MR) is 75.9 cm³/mol. The summed E-state index contributed by atoms with van der Waals surface area (Å²) < 4.78 is 0. The van der Waals surface area contributed by atoms with Crippen LogP contribution in [0.2, 0.25) is 0 Å². The van der Waals surface area contributed by atoms with Crippen molar-refractivity contribution in [2.45, 2.75) is 19.9 Å². The maximum atomic E-state index is 4.70. The van der Waals surface area contributed by atoms with Crippen LogP contribution >= 0.6 is 23.1 Å². The van der Waals surface area contributed by atoms with E-state index in [4.69, 9.17) is 4.98 Å². The molecule has 0 saturated carbocycles. The number of hydrogen-bond acceptors (Lipinski definition) is 5. The van der Waals surface area contributed by atoms with Crippen LogP contribution in [-0.4, -0.2) is 37.6 Å². The Morgan fingerprint density at radius 3 is 2.81 bits per heavy atom. The molecule has 1 heterocycles. The Hall–Kier alpha value is -0.260. The Kier molecular flexibility index (Phi) is 6.16. The van der Waals surface area contributed by atoms with Gasteiger partial charge < -0.3 is 10.2 Å². The van der Waals surface area contributed by atoms with E-state index in [-0.39, 0.29) is 0 Å². The molecule has 1 rings (SSSR count). The van der Waals surface area contributed by atoms with Gasteiger partial charge in [-0.05, 0) is 19.7 Å². The van der Waals surface area contributed by atoms with E-state index in [9.17, 15) is 0 Å². The molecule has 0 saturated heterocycles. The third-order valence-corrected chi connectivity index (χ3v) is 4.20. The summed E-state index contributed by atoms with van der Waals surface area (Å²) in [6, 6.07) is 0. The van der Waals surface area contributed by atoms with E-state index >= 15 is 0 Å². The van der Waals surface area contributed by atoms with Crippen LogP contribution in [0.1, 0.15) is 17.5 Å². The van der Waals surface area contributed by atoms with Crippen LogP contribution in [0.3, 0.4) is 0 Å². The molecule has 0 aliphatic rings. The van der Waals surface area contributed by atoms with Crippen molar-refractivity contribution in [2.24, 2.45) is 0 Å². The van der Waals surface area contributed by atoms with Crippen LogP contribution in [0.5, 0.6) is 0 Å². The summed E-state index contributed by atoms with van der Waals surface area (Å²) in [4.78, 5) is 8.32. The van der Waals surface area contributed by atoms with Crippen LogP contribution in [0.4, 0.5) is 5.13 Å². The second-order valence-electron chi connectivity index (χ2n) is 3.66. The van der Waals surface area contributed by atoms with Gasteiger partial charge >= 0.3 is 0 Å². The van der Waals surface area contributed by atoms with E-state index in [0.29, 0.717) is 0 Å². The molecule has 0 atom stereocenters. The molecule has 5 heteroatoms. The molecule has 0 fully saturated rings. The molecule has 3 nitrogen and oxygen atoms in total. The molecule has 1 N–H and O–H groups in total. The van der Waals surface area contributed by atoms with E-state index in [0.717, 1.165) is 30.4 Å². The zero-order valence-corrected chi connectivity index (χ0v) is 12.2. The molecule has 92 valence electrons. The summed E-state index contributed by atoms with van der Waals surface area (Å²) in [6.07, 6.45) is 3.16. The highest BCUT2D eigenvalue weighted by atomic mass is 32.2. The van der Waals surface area contributed by atoms with Crippen molar-refractivity contribution in [1.29, 1.82) is 0 Å². The summed E-state index contributed by atoms with van der Waals surface area (Å²) in [6.45, 7) is 4.16. The molecular formula is C11H21N3S2. The highest BCUT2D eigenvalue weighted by Gasteiger charge is 2.11. The molecule has 0 radical (unpaired) electrons. The van der Waals surface area contributed by atoms with Gasteiger partial charge in [-0.15, -0.1) is 11.3 Å². The first kappa shape index (κ1) is 13.8. The Morgan fingerprint density at radius 1 is 1.50 bits per heavy atom. The van der Waals surface area contributed by atoms with Gasteiger partial charge in [-0.3, -0.25) is 0 Å². The number of aryl methyl sites for hydroxylation is 1. The van der Waals surface area contributed by atoms with Gasteiger partial charge in [0.15, 0.2) is 5.13 Å². The van der Waals surface area contributed by atoms with Gasteiger partial charge in [0.25, 0.3) is 0 Å². The number of rotatable bonds is 7. The first-order valence-corrected chi connectivity index (χ1v) is 7.77. The van der Waals surface area contributed by atoms with Gasteiger partial charge in [0.2, 0.25) is 0 Å². The smallest absolute Gasteiger partial charge is 0.185 e.